The maximum Gasteiger partial charge on any atom is 0.264 e. The number of hydrogen-bond acceptors (Lipinski definition) is 5. The summed E-state index contributed by atoms with van der Waals surface area (Å²) in [5.74, 6) is -0.145. The van der Waals surface area contributed by atoms with Gasteiger partial charge in [0.1, 0.15) is 18.3 Å². The molecule has 1 atom stereocenters. The molecule has 2 amide bonds. The molecule has 4 rings (SSSR count). The van der Waals surface area contributed by atoms with Crippen molar-refractivity contribution in [2.24, 2.45) is 0 Å². The third kappa shape index (κ3) is 7.89. The summed E-state index contributed by atoms with van der Waals surface area (Å²) in [6.07, 6.45) is 3.97. The van der Waals surface area contributed by atoms with Crippen LogP contribution in [0.3, 0.4) is 0 Å². The second-order valence-electron chi connectivity index (χ2n) is 10.1. The monoisotopic (exact) mass is 641 g/mol. The lowest BCUT2D eigenvalue weighted by Gasteiger charge is -2.32. The maximum absolute atomic E-state index is 14.0. The van der Waals surface area contributed by atoms with Crippen LogP contribution in [0.25, 0.3) is 0 Å². The van der Waals surface area contributed by atoms with Gasteiger partial charge in [0.15, 0.2) is 0 Å². The summed E-state index contributed by atoms with van der Waals surface area (Å²) in [4.78, 5) is 28.8. The summed E-state index contributed by atoms with van der Waals surface area (Å²) in [7, 11) is -4.14. The van der Waals surface area contributed by atoms with Crippen molar-refractivity contribution in [3.05, 3.63) is 88.9 Å². The molecule has 0 saturated heterocycles. The fourth-order valence-corrected chi connectivity index (χ4v) is 6.57. The number of carbonyl (C=O) groups is 2. The van der Waals surface area contributed by atoms with E-state index < -0.39 is 28.5 Å². The first-order chi connectivity index (χ1) is 19.7. The van der Waals surface area contributed by atoms with E-state index in [0.717, 1.165) is 40.0 Å². The number of nitrogens with zero attached hydrogens (tertiary/aromatic N) is 2. The molecule has 10 heteroatoms. The molecule has 0 bridgehead atoms. The van der Waals surface area contributed by atoms with Crippen LogP contribution < -0.4 is 14.4 Å². The normalized spacial score (nSPS) is 14.3. The van der Waals surface area contributed by atoms with Gasteiger partial charge in [-0.3, -0.25) is 13.9 Å². The van der Waals surface area contributed by atoms with Gasteiger partial charge in [0.25, 0.3) is 10.0 Å². The van der Waals surface area contributed by atoms with Crippen LogP contribution in [0.1, 0.15) is 45.1 Å². The number of carbonyl (C=O) groups excluding carboxylic acids is 2. The van der Waals surface area contributed by atoms with Crippen LogP contribution in [0.5, 0.6) is 5.75 Å². The van der Waals surface area contributed by atoms with Gasteiger partial charge in [0.2, 0.25) is 11.8 Å². The minimum Gasteiger partial charge on any atom is -0.494 e. The van der Waals surface area contributed by atoms with Crippen molar-refractivity contribution in [1.82, 2.24) is 10.2 Å². The first kappa shape index (κ1) is 30.6. The lowest BCUT2D eigenvalue weighted by Crippen LogP contribution is -2.52. The molecule has 1 N–H and O–H groups in total. The zero-order valence-electron chi connectivity index (χ0n) is 23.3. The Bertz CT molecular complexity index is 1410. The highest BCUT2D eigenvalue weighted by Gasteiger charge is 2.33. The molecular formula is C31H36BrN3O5S. The Morgan fingerprint density at radius 2 is 1.61 bits per heavy atom. The van der Waals surface area contributed by atoms with Crippen molar-refractivity contribution in [1.29, 1.82) is 0 Å². The number of hydrogen-bond donors (Lipinski definition) is 1. The van der Waals surface area contributed by atoms with E-state index in [4.69, 9.17) is 4.74 Å². The number of nitrogens with one attached hydrogen (secondary N) is 1. The van der Waals surface area contributed by atoms with Crippen molar-refractivity contribution in [3.8, 4) is 5.75 Å². The summed E-state index contributed by atoms with van der Waals surface area (Å²) >= 11 is 3.35. The Balaban J connectivity index is 1.67. The molecular weight excluding hydrogens is 606 g/mol. The molecule has 1 aliphatic carbocycles. The van der Waals surface area contributed by atoms with E-state index in [9.17, 15) is 18.0 Å². The van der Waals surface area contributed by atoms with Gasteiger partial charge in [-0.2, -0.15) is 0 Å². The number of sulfonamides is 1. The average molecular weight is 643 g/mol. The highest BCUT2D eigenvalue weighted by Crippen LogP contribution is 2.27. The van der Waals surface area contributed by atoms with Gasteiger partial charge in [0, 0.05) is 17.1 Å². The summed E-state index contributed by atoms with van der Waals surface area (Å²) in [5.41, 5.74) is 1.15. The minimum absolute atomic E-state index is 0.0454. The van der Waals surface area contributed by atoms with Crippen LogP contribution in [-0.2, 0) is 26.2 Å². The molecule has 0 unspecified atom stereocenters. The predicted octanol–water partition coefficient (Wildman–Crippen LogP) is 5.52. The van der Waals surface area contributed by atoms with E-state index in [2.05, 4.69) is 21.2 Å². The van der Waals surface area contributed by atoms with E-state index >= 15 is 0 Å². The molecule has 0 spiro atoms. The van der Waals surface area contributed by atoms with Crippen molar-refractivity contribution in [3.63, 3.8) is 0 Å². The van der Waals surface area contributed by atoms with Gasteiger partial charge in [-0.15, -0.1) is 0 Å². The molecule has 0 radical (unpaired) electrons. The molecule has 0 heterocycles. The van der Waals surface area contributed by atoms with E-state index in [0.29, 0.717) is 18.0 Å². The Kier molecular flexibility index (Phi) is 10.4. The van der Waals surface area contributed by atoms with Crippen molar-refractivity contribution in [2.45, 2.75) is 63.1 Å². The molecule has 218 valence electrons. The van der Waals surface area contributed by atoms with Crippen LogP contribution in [-0.4, -0.2) is 50.4 Å². The third-order valence-electron chi connectivity index (χ3n) is 7.18. The van der Waals surface area contributed by atoms with Crippen molar-refractivity contribution < 1.29 is 22.7 Å². The zero-order chi connectivity index (χ0) is 29.4. The van der Waals surface area contributed by atoms with E-state index in [1.54, 1.807) is 43.3 Å². The molecule has 3 aromatic rings. The second-order valence-corrected chi connectivity index (χ2v) is 12.8. The van der Waals surface area contributed by atoms with Crippen LogP contribution in [0.15, 0.2) is 88.2 Å². The topological polar surface area (TPSA) is 96.0 Å². The molecule has 3 aromatic carbocycles. The van der Waals surface area contributed by atoms with Crippen LogP contribution >= 0.6 is 15.9 Å². The van der Waals surface area contributed by atoms with E-state index in [1.807, 2.05) is 37.3 Å². The van der Waals surface area contributed by atoms with Gasteiger partial charge in [-0.1, -0.05) is 59.1 Å². The molecule has 41 heavy (non-hydrogen) atoms. The number of benzene rings is 3. The Morgan fingerprint density at radius 1 is 0.976 bits per heavy atom. The molecule has 1 saturated carbocycles. The van der Waals surface area contributed by atoms with Gasteiger partial charge in [-0.25, -0.2) is 8.42 Å². The molecule has 1 fully saturated rings. The molecule has 0 aliphatic heterocycles. The summed E-state index contributed by atoms with van der Waals surface area (Å²) in [6, 6.07) is 21.5. The minimum atomic E-state index is -4.14. The van der Waals surface area contributed by atoms with E-state index in [-0.39, 0.29) is 23.4 Å². The Labute approximate surface area is 250 Å². The standard InChI is InChI=1S/C31H36BrN3O5S/c1-3-40-28-17-15-27(16-18-28)35(41(38,39)29-19-13-25(32)14-20-29)22-30(36)34(21-24-9-5-4-6-10-24)23(2)31(37)33-26-11-7-8-12-26/h4-6,9-10,13-20,23,26H,3,7-8,11-12,21-22H2,1-2H3,(H,33,37)/t23-/m0/s1. The lowest BCUT2D eigenvalue weighted by atomic mass is 10.1. The summed E-state index contributed by atoms with van der Waals surface area (Å²) in [5, 5.41) is 3.08. The van der Waals surface area contributed by atoms with Crippen molar-refractivity contribution >= 4 is 43.5 Å². The molecule has 0 aromatic heterocycles. The fraction of sp³-hybridized carbons (Fsp3) is 0.355. The van der Waals surface area contributed by atoms with Gasteiger partial charge in [0.05, 0.1) is 17.2 Å². The lowest BCUT2D eigenvalue weighted by molar-refractivity contribution is -0.139. The highest BCUT2D eigenvalue weighted by atomic mass is 79.9. The summed E-state index contributed by atoms with van der Waals surface area (Å²) < 4.78 is 35.2. The Morgan fingerprint density at radius 3 is 2.22 bits per heavy atom. The number of halogens is 1. The average Bonchev–Trinajstić information content (AvgIpc) is 3.48. The van der Waals surface area contributed by atoms with Crippen LogP contribution in [0, 0.1) is 0 Å². The smallest absolute Gasteiger partial charge is 0.264 e. The van der Waals surface area contributed by atoms with E-state index in [1.165, 1.54) is 17.0 Å². The second kappa shape index (κ2) is 14.0. The first-order valence-electron chi connectivity index (χ1n) is 13.8. The number of amides is 2. The maximum atomic E-state index is 14.0. The van der Waals surface area contributed by atoms with Gasteiger partial charge in [-0.05, 0) is 80.8 Å². The molecule has 8 nitrogen and oxygen atoms in total. The SMILES string of the molecule is CCOc1ccc(N(CC(=O)N(Cc2ccccc2)[C@@H](C)C(=O)NC2CCCC2)S(=O)(=O)c2ccc(Br)cc2)cc1. The zero-order valence-corrected chi connectivity index (χ0v) is 25.7. The number of anilines is 1. The van der Waals surface area contributed by atoms with Crippen molar-refractivity contribution in [2.75, 3.05) is 17.5 Å². The number of ether oxygens (including phenoxy) is 1. The summed E-state index contributed by atoms with van der Waals surface area (Å²) in [6.45, 7) is 3.69. The molecule has 1 aliphatic rings. The van der Waals surface area contributed by atoms with Gasteiger partial charge < -0.3 is 15.0 Å². The van der Waals surface area contributed by atoms with Gasteiger partial charge >= 0.3 is 0 Å². The largest absolute Gasteiger partial charge is 0.494 e. The highest BCUT2D eigenvalue weighted by molar-refractivity contribution is 9.10. The van der Waals surface area contributed by atoms with Crippen LogP contribution in [0.2, 0.25) is 0 Å². The van der Waals surface area contributed by atoms with Crippen LogP contribution in [0.4, 0.5) is 5.69 Å². The fourth-order valence-electron chi connectivity index (χ4n) is 4.89. The number of rotatable bonds is 12. The third-order valence-corrected chi connectivity index (χ3v) is 9.50. The first-order valence-corrected chi connectivity index (χ1v) is 16.1. The quantitative estimate of drug-likeness (QED) is 0.281. The predicted molar refractivity (Wildman–Crippen MR) is 163 cm³/mol. The Hall–Kier alpha value is -3.37.